The summed E-state index contributed by atoms with van der Waals surface area (Å²) in [7, 11) is 0. The van der Waals surface area contributed by atoms with Crippen LogP contribution in [-0.2, 0) is 9.53 Å². The highest BCUT2D eigenvalue weighted by molar-refractivity contribution is 6.15. The summed E-state index contributed by atoms with van der Waals surface area (Å²) in [4.78, 5) is 12.6. The number of carbonyl (C=O) groups excluding carboxylic acids is 1. The van der Waals surface area contributed by atoms with Crippen molar-refractivity contribution in [2.45, 2.75) is 13.8 Å². The van der Waals surface area contributed by atoms with Gasteiger partial charge < -0.3 is 9.15 Å². The first-order valence-corrected chi connectivity index (χ1v) is 7.91. The molecule has 0 radical (unpaired) electrons. The molecule has 0 aliphatic carbocycles. The van der Waals surface area contributed by atoms with E-state index in [0.29, 0.717) is 18.2 Å². The third kappa shape index (κ3) is 4.00. The third-order valence-corrected chi connectivity index (χ3v) is 3.31. The van der Waals surface area contributed by atoms with E-state index in [1.807, 2.05) is 44.2 Å². The Morgan fingerprint density at radius 2 is 2.04 bits per heavy atom. The lowest BCUT2D eigenvalue weighted by Gasteiger charge is -2.11. The van der Waals surface area contributed by atoms with Crippen LogP contribution in [0.5, 0.6) is 0 Å². The van der Waals surface area contributed by atoms with E-state index in [1.165, 1.54) is 10.9 Å². The van der Waals surface area contributed by atoms with E-state index in [9.17, 15) is 4.79 Å². The first-order chi connectivity index (χ1) is 12.1. The van der Waals surface area contributed by atoms with Gasteiger partial charge in [0.2, 0.25) is 0 Å². The number of carbonyl (C=O) groups is 1. The van der Waals surface area contributed by atoms with Gasteiger partial charge in [0.05, 0.1) is 12.9 Å². The van der Waals surface area contributed by atoms with Crippen molar-refractivity contribution in [1.82, 2.24) is 20.2 Å². The second-order valence-corrected chi connectivity index (χ2v) is 5.82. The zero-order chi connectivity index (χ0) is 17.6. The van der Waals surface area contributed by atoms with Crippen LogP contribution in [0.4, 0.5) is 0 Å². The molecule has 128 valence electrons. The molecule has 0 fully saturated rings. The predicted molar refractivity (Wildman–Crippen MR) is 91.9 cm³/mol. The molecule has 3 aromatic rings. The number of hydrogen-bond acceptors (Lipinski definition) is 6. The number of rotatable bonds is 6. The largest absolute Gasteiger partial charge is 0.465 e. The van der Waals surface area contributed by atoms with E-state index in [4.69, 9.17) is 9.15 Å². The quantitative estimate of drug-likeness (QED) is 0.507. The minimum atomic E-state index is -0.519. The van der Waals surface area contributed by atoms with Gasteiger partial charge in [0.1, 0.15) is 5.76 Å². The van der Waals surface area contributed by atoms with Crippen LogP contribution in [-0.4, -0.2) is 32.8 Å². The molecule has 3 rings (SSSR count). The zero-order valence-corrected chi connectivity index (χ0v) is 14.0. The third-order valence-electron chi connectivity index (χ3n) is 3.31. The fourth-order valence-electron chi connectivity index (χ4n) is 2.15. The fourth-order valence-corrected chi connectivity index (χ4v) is 2.15. The number of ether oxygens (including phenoxy) is 1. The summed E-state index contributed by atoms with van der Waals surface area (Å²) in [6, 6.07) is 12.9. The van der Waals surface area contributed by atoms with Gasteiger partial charge in [-0.2, -0.15) is 4.68 Å². The molecular formula is C18H18N4O3. The van der Waals surface area contributed by atoms with Crippen molar-refractivity contribution >= 4 is 17.7 Å². The molecule has 0 saturated heterocycles. The molecule has 0 amide bonds. The van der Waals surface area contributed by atoms with E-state index in [2.05, 4.69) is 15.5 Å². The molecule has 2 heterocycles. The Kier molecular flexibility index (Phi) is 5.03. The van der Waals surface area contributed by atoms with Crippen LogP contribution in [0, 0.1) is 5.92 Å². The van der Waals surface area contributed by atoms with Crippen molar-refractivity contribution in [3.05, 3.63) is 54.5 Å². The highest BCUT2D eigenvalue weighted by Crippen LogP contribution is 2.21. The molecule has 0 bridgehead atoms. The minimum absolute atomic E-state index is 0.180. The van der Waals surface area contributed by atoms with Crippen molar-refractivity contribution in [1.29, 1.82) is 0 Å². The summed E-state index contributed by atoms with van der Waals surface area (Å²) in [5.74, 6) is 0.650. The highest BCUT2D eigenvalue weighted by Gasteiger charge is 2.21. The van der Waals surface area contributed by atoms with Crippen LogP contribution in [0.1, 0.15) is 19.6 Å². The van der Waals surface area contributed by atoms with Crippen molar-refractivity contribution in [3.63, 3.8) is 0 Å². The zero-order valence-electron chi connectivity index (χ0n) is 14.0. The van der Waals surface area contributed by atoms with Gasteiger partial charge in [-0.05, 0) is 28.5 Å². The molecule has 0 saturated carbocycles. The Balaban J connectivity index is 2.01. The van der Waals surface area contributed by atoms with Crippen molar-refractivity contribution in [2.75, 3.05) is 6.61 Å². The smallest absolute Gasteiger partial charge is 0.357 e. The molecule has 1 aromatic carbocycles. The number of nitrogens with zero attached hydrogens (tertiary/aromatic N) is 4. The Morgan fingerprint density at radius 3 is 2.72 bits per heavy atom. The maximum absolute atomic E-state index is 12.6. The van der Waals surface area contributed by atoms with Gasteiger partial charge in [0.15, 0.2) is 11.5 Å². The molecule has 0 aliphatic rings. The summed E-state index contributed by atoms with van der Waals surface area (Å²) < 4.78 is 12.0. The highest BCUT2D eigenvalue weighted by atomic mass is 16.5. The monoisotopic (exact) mass is 338 g/mol. The Morgan fingerprint density at radius 1 is 1.24 bits per heavy atom. The maximum atomic E-state index is 12.6. The van der Waals surface area contributed by atoms with Crippen molar-refractivity contribution in [3.8, 4) is 11.4 Å². The molecular weight excluding hydrogens is 320 g/mol. The second-order valence-electron chi connectivity index (χ2n) is 5.82. The molecule has 0 atom stereocenters. The Hall–Kier alpha value is -3.22. The van der Waals surface area contributed by atoms with E-state index >= 15 is 0 Å². The topological polar surface area (TPSA) is 83.0 Å². The van der Waals surface area contributed by atoms with E-state index in [0.717, 1.165) is 5.56 Å². The van der Waals surface area contributed by atoms with Crippen LogP contribution in [0.2, 0.25) is 0 Å². The van der Waals surface area contributed by atoms with Crippen molar-refractivity contribution in [2.24, 2.45) is 5.92 Å². The number of esters is 1. The lowest BCUT2D eigenvalue weighted by Crippen LogP contribution is -2.17. The Bertz CT molecular complexity index is 852. The molecule has 7 nitrogen and oxygen atoms in total. The van der Waals surface area contributed by atoms with Crippen LogP contribution in [0.3, 0.4) is 0 Å². The number of tetrazole rings is 1. The van der Waals surface area contributed by atoms with Gasteiger partial charge in [0, 0.05) is 11.6 Å². The molecule has 0 N–H and O–H groups in total. The molecule has 0 unspecified atom stereocenters. The van der Waals surface area contributed by atoms with Crippen LogP contribution < -0.4 is 0 Å². The van der Waals surface area contributed by atoms with Crippen LogP contribution in [0.25, 0.3) is 23.2 Å². The van der Waals surface area contributed by atoms with Gasteiger partial charge in [0.25, 0.3) is 0 Å². The molecule has 25 heavy (non-hydrogen) atoms. The minimum Gasteiger partial charge on any atom is -0.465 e. The molecule has 0 spiro atoms. The predicted octanol–water partition coefficient (Wildman–Crippen LogP) is 3.13. The number of benzene rings is 1. The molecule has 2 aromatic heterocycles. The van der Waals surface area contributed by atoms with Crippen molar-refractivity contribution < 1.29 is 13.9 Å². The van der Waals surface area contributed by atoms with Gasteiger partial charge in [-0.3, -0.25) is 0 Å². The average Bonchev–Trinajstić information content (AvgIpc) is 3.29. The SMILES string of the molecule is CC(C)COC(=O)C(=Cc1ccco1)n1nnnc1-c1ccccc1. The first-order valence-electron chi connectivity index (χ1n) is 7.91. The Labute approximate surface area is 144 Å². The van der Waals surface area contributed by atoms with E-state index in [1.54, 1.807) is 18.2 Å². The van der Waals surface area contributed by atoms with Gasteiger partial charge >= 0.3 is 5.97 Å². The number of hydrogen-bond donors (Lipinski definition) is 0. The number of aromatic nitrogens is 4. The summed E-state index contributed by atoms with van der Waals surface area (Å²) in [6.07, 6.45) is 3.09. The lowest BCUT2D eigenvalue weighted by atomic mass is 10.2. The molecule has 7 heteroatoms. The lowest BCUT2D eigenvalue weighted by molar-refractivity contribution is -0.138. The van der Waals surface area contributed by atoms with E-state index in [-0.39, 0.29) is 11.6 Å². The standard InChI is InChI=1S/C18H18N4O3/c1-13(2)12-25-18(23)16(11-15-9-6-10-24-15)22-17(19-20-21-22)14-7-4-3-5-8-14/h3-11,13H,12H2,1-2H3. The van der Waals surface area contributed by atoms with Crippen LogP contribution >= 0.6 is 0 Å². The first kappa shape index (κ1) is 16.6. The maximum Gasteiger partial charge on any atom is 0.357 e. The summed E-state index contributed by atoms with van der Waals surface area (Å²) in [6.45, 7) is 4.24. The summed E-state index contributed by atoms with van der Waals surface area (Å²) in [5, 5.41) is 11.7. The normalized spacial score (nSPS) is 11.7. The van der Waals surface area contributed by atoms with E-state index < -0.39 is 5.97 Å². The van der Waals surface area contributed by atoms with Gasteiger partial charge in [-0.15, -0.1) is 5.10 Å². The average molecular weight is 338 g/mol. The summed E-state index contributed by atoms with van der Waals surface area (Å²) >= 11 is 0. The summed E-state index contributed by atoms with van der Waals surface area (Å²) in [5.41, 5.74) is 0.967. The molecule has 0 aliphatic heterocycles. The van der Waals surface area contributed by atoms with Gasteiger partial charge in [-0.25, -0.2) is 4.79 Å². The second kappa shape index (κ2) is 7.57. The fraction of sp³-hybridized carbons (Fsp3) is 0.222. The number of furan rings is 1. The van der Waals surface area contributed by atoms with Crippen LogP contribution in [0.15, 0.2) is 53.1 Å². The van der Waals surface area contributed by atoms with Gasteiger partial charge in [-0.1, -0.05) is 44.2 Å².